The lowest BCUT2D eigenvalue weighted by Crippen LogP contribution is -2.32. The second kappa shape index (κ2) is 4.49. The van der Waals surface area contributed by atoms with Crippen molar-refractivity contribution in [3.63, 3.8) is 0 Å². The Kier molecular flexibility index (Phi) is 3.83. The van der Waals surface area contributed by atoms with E-state index >= 15 is 0 Å². The summed E-state index contributed by atoms with van der Waals surface area (Å²) >= 11 is 11.1. The molecule has 0 amide bonds. The fraction of sp³-hybridized carbons (Fsp3) is 0.875. The second-order valence-electron chi connectivity index (χ2n) is 3.11. The Morgan fingerprint density at radius 1 is 1.46 bits per heavy atom. The zero-order valence-corrected chi connectivity index (χ0v) is 8.90. The number of halogens is 2. The molecule has 3 nitrogen and oxygen atoms in total. The smallest absolute Gasteiger partial charge is 0.342 e. The van der Waals surface area contributed by atoms with Crippen molar-refractivity contribution in [3.8, 4) is 0 Å². The monoisotopic (exact) mass is 226 g/mol. The standard InChI is InChI=1S/C8H12Cl2O3/c1-8(9,10)7(11)13-6-2-4-12-5-3-6/h6H,2-5H2,1H3. The maximum Gasteiger partial charge on any atom is 0.342 e. The molecule has 1 aliphatic heterocycles. The molecule has 5 heteroatoms. The minimum atomic E-state index is -1.45. The van der Waals surface area contributed by atoms with Crippen molar-refractivity contribution in [2.75, 3.05) is 13.2 Å². The number of carbonyl (C=O) groups excluding carboxylic acids is 1. The van der Waals surface area contributed by atoms with E-state index in [4.69, 9.17) is 32.7 Å². The van der Waals surface area contributed by atoms with Crippen LogP contribution in [0.15, 0.2) is 0 Å². The molecule has 76 valence electrons. The summed E-state index contributed by atoms with van der Waals surface area (Å²) in [6, 6.07) is 0. The number of hydrogen-bond donors (Lipinski definition) is 0. The number of carbonyl (C=O) groups is 1. The molecular formula is C8H12Cl2O3. The Morgan fingerprint density at radius 3 is 2.46 bits per heavy atom. The summed E-state index contributed by atoms with van der Waals surface area (Å²) in [6.07, 6.45) is 1.34. The van der Waals surface area contributed by atoms with Crippen molar-refractivity contribution in [1.82, 2.24) is 0 Å². The first-order valence-electron chi connectivity index (χ1n) is 4.17. The van der Waals surface area contributed by atoms with Gasteiger partial charge in [-0.3, -0.25) is 0 Å². The van der Waals surface area contributed by atoms with Gasteiger partial charge in [0, 0.05) is 12.8 Å². The van der Waals surface area contributed by atoms with Gasteiger partial charge in [0.2, 0.25) is 4.33 Å². The third-order valence-corrected chi connectivity index (χ3v) is 2.11. The number of hydrogen-bond acceptors (Lipinski definition) is 3. The molecule has 0 unspecified atom stereocenters. The molecule has 1 aliphatic rings. The van der Waals surface area contributed by atoms with Gasteiger partial charge in [-0.1, -0.05) is 23.2 Å². The minimum absolute atomic E-state index is 0.0990. The third kappa shape index (κ3) is 3.71. The quantitative estimate of drug-likeness (QED) is 0.533. The Hall–Kier alpha value is 0.01000. The maximum absolute atomic E-state index is 11.2. The molecule has 1 fully saturated rings. The summed E-state index contributed by atoms with van der Waals surface area (Å²) in [4.78, 5) is 11.2. The minimum Gasteiger partial charge on any atom is -0.460 e. The molecule has 13 heavy (non-hydrogen) atoms. The van der Waals surface area contributed by atoms with Crippen LogP contribution in [0.25, 0.3) is 0 Å². The van der Waals surface area contributed by atoms with Gasteiger partial charge in [0.05, 0.1) is 13.2 Å². The van der Waals surface area contributed by atoms with Crippen LogP contribution in [0.4, 0.5) is 0 Å². The molecule has 0 aliphatic carbocycles. The molecular weight excluding hydrogens is 215 g/mol. The van der Waals surface area contributed by atoms with Gasteiger partial charge in [-0.05, 0) is 6.92 Å². The van der Waals surface area contributed by atoms with Gasteiger partial charge in [-0.2, -0.15) is 0 Å². The van der Waals surface area contributed by atoms with Gasteiger partial charge in [-0.25, -0.2) is 4.79 Å². The van der Waals surface area contributed by atoms with E-state index in [1.165, 1.54) is 6.92 Å². The Morgan fingerprint density at radius 2 is 2.00 bits per heavy atom. The highest BCUT2D eigenvalue weighted by Crippen LogP contribution is 2.23. The molecule has 0 N–H and O–H groups in total. The van der Waals surface area contributed by atoms with Crippen molar-refractivity contribution < 1.29 is 14.3 Å². The summed E-state index contributed by atoms with van der Waals surface area (Å²) in [5, 5.41) is 0. The van der Waals surface area contributed by atoms with Crippen LogP contribution in [0.3, 0.4) is 0 Å². The predicted octanol–water partition coefficient (Wildman–Crippen LogP) is 1.90. The van der Waals surface area contributed by atoms with Gasteiger partial charge in [-0.15, -0.1) is 0 Å². The van der Waals surface area contributed by atoms with Crippen molar-refractivity contribution >= 4 is 29.2 Å². The molecule has 1 rings (SSSR count). The van der Waals surface area contributed by atoms with Crippen LogP contribution in [-0.2, 0) is 14.3 Å². The van der Waals surface area contributed by atoms with E-state index in [9.17, 15) is 4.79 Å². The number of esters is 1. The molecule has 0 saturated carbocycles. The van der Waals surface area contributed by atoms with E-state index in [0.29, 0.717) is 13.2 Å². The molecule has 0 atom stereocenters. The first-order chi connectivity index (χ1) is 6.00. The van der Waals surface area contributed by atoms with Gasteiger partial charge in [0.15, 0.2) is 0 Å². The second-order valence-corrected chi connectivity index (χ2v) is 4.81. The first kappa shape index (κ1) is 11.1. The molecule has 1 saturated heterocycles. The van der Waals surface area contributed by atoms with E-state index in [0.717, 1.165) is 12.8 Å². The van der Waals surface area contributed by atoms with E-state index in [1.807, 2.05) is 0 Å². The van der Waals surface area contributed by atoms with Crippen LogP contribution in [0.5, 0.6) is 0 Å². The van der Waals surface area contributed by atoms with Gasteiger partial charge in [0.1, 0.15) is 6.10 Å². The summed E-state index contributed by atoms with van der Waals surface area (Å²) in [7, 11) is 0. The van der Waals surface area contributed by atoms with Crippen LogP contribution >= 0.6 is 23.2 Å². The Bertz CT molecular complexity index is 182. The molecule has 1 heterocycles. The zero-order valence-electron chi connectivity index (χ0n) is 7.39. The number of rotatable bonds is 2. The SMILES string of the molecule is CC(Cl)(Cl)C(=O)OC1CCOCC1. The van der Waals surface area contributed by atoms with Gasteiger partial charge < -0.3 is 9.47 Å². The third-order valence-electron chi connectivity index (χ3n) is 1.80. The van der Waals surface area contributed by atoms with E-state index in [1.54, 1.807) is 0 Å². The van der Waals surface area contributed by atoms with E-state index in [-0.39, 0.29) is 6.10 Å². The Balaban J connectivity index is 2.35. The fourth-order valence-corrected chi connectivity index (χ4v) is 1.14. The number of alkyl halides is 2. The van der Waals surface area contributed by atoms with Crippen LogP contribution in [0.1, 0.15) is 19.8 Å². The summed E-state index contributed by atoms with van der Waals surface area (Å²) in [5.41, 5.74) is 0. The van der Waals surface area contributed by atoms with Crippen molar-refractivity contribution in [3.05, 3.63) is 0 Å². The highest BCUT2D eigenvalue weighted by atomic mass is 35.5. The lowest BCUT2D eigenvalue weighted by molar-refractivity contribution is -0.153. The van der Waals surface area contributed by atoms with Crippen LogP contribution in [0, 0.1) is 0 Å². The van der Waals surface area contributed by atoms with Crippen molar-refractivity contribution in [1.29, 1.82) is 0 Å². The lowest BCUT2D eigenvalue weighted by Gasteiger charge is -2.24. The summed E-state index contributed by atoms with van der Waals surface area (Å²) in [5.74, 6) is -0.581. The lowest BCUT2D eigenvalue weighted by atomic mass is 10.1. The molecule has 0 radical (unpaired) electrons. The summed E-state index contributed by atoms with van der Waals surface area (Å²) in [6.45, 7) is 2.65. The predicted molar refractivity (Wildman–Crippen MR) is 50.0 cm³/mol. The van der Waals surface area contributed by atoms with Gasteiger partial charge in [0.25, 0.3) is 0 Å². The maximum atomic E-state index is 11.2. The van der Waals surface area contributed by atoms with Crippen LogP contribution in [0.2, 0.25) is 0 Å². The highest BCUT2D eigenvalue weighted by molar-refractivity contribution is 6.57. The molecule has 0 bridgehead atoms. The normalized spacial score (nSPS) is 19.9. The van der Waals surface area contributed by atoms with E-state index in [2.05, 4.69) is 0 Å². The zero-order chi connectivity index (χ0) is 9.90. The average molecular weight is 227 g/mol. The Labute approximate surface area is 87.3 Å². The first-order valence-corrected chi connectivity index (χ1v) is 4.92. The summed E-state index contributed by atoms with van der Waals surface area (Å²) < 4.78 is 8.74. The average Bonchev–Trinajstić information content (AvgIpc) is 2.04. The van der Waals surface area contributed by atoms with Crippen LogP contribution in [-0.4, -0.2) is 29.6 Å². The van der Waals surface area contributed by atoms with Gasteiger partial charge >= 0.3 is 5.97 Å². The van der Waals surface area contributed by atoms with Crippen molar-refractivity contribution in [2.24, 2.45) is 0 Å². The topological polar surface area (TPSA) is 35.5 Å². The van der Waals surface area contributed by atoms with Crippen molar-refractivity contribution in [2.45, 2.75) is 30.2 Å². The van der Waals surface area contributed by atoms with Crippen LogP contribution < -0.4 is 0 Å². The largest absolute Gasteiger partial charge is 0.460 e. The molecule has 0 aromatic heterocycles. The molecule has 0 aromatic rings. The molecule has 0 spiro atoms. The fourth-order valence-electron chi connectivity index (χ4n) is 1.05. The van der Waals surface area contributed by atoms with E-state index < -0.39 is 10.3 Å². The molecule has 0 aromatic carbocycles. The highest BCUT2D eigenvalue weighted by Gasteiger charge is 2.31. The number of ether oxygens (including phenoxy) is 2.